The number of hydrogen-bond donors (Lipinski definition) is 1. The average Bonchev–Trinajstić information content (AvgIpc) is 3.14. The topological polar surface area (TPSA) is 64.9 Å². The van der Waals surface area contributed by atoms with Crippen LogP contribution in [0.1, 0.15) is 12.0 Å². The van der Waals surface area contributed by atoms with Crippen LogP contribution < -0.4 is 10.1 Å². The number of tetrazole rings is 1. The Labute approximate surface area is 161 Å². The van der Waals surface area contributed by atoms with Crippen LogP contribution >= 0.6 is 23.4 Å². The zero-order valence-corrected chi connectivity index (χ0v) is 16.0. The smallest absolute Gasteiger partial charge is 0.214 e. The monoisotopic (exact) mass is 389 g/mol. The van der Waals surface area contributed by atoms with Crippen LogP contribution in [0.2, 0.25) is 5.02 Å². The molecule has 8 heteroatoms. The second kappa shape index (κ2) is 9.56. The van der Waals surface area contributed by atoms with Crippen molar-refractivity contribution in [3.05, 3.63) is 59.1 Å². The molecule has 3 aromatic rings. The lowest BCUT2D eigenvalue weighted by Crippen LogP contribution is -2.15. The Morgan fingerprint density at radius 3 is 2.81 bits per heavy atom. The summed E-state index contributed by atoms with van der Waals surface area (Å²) in [6, 6.07) is 15.7. The Kier molecular flexibility index (Phi) is 6.88. The van der Waals surface area contributed by atoms with Gasteiger partial charge in [0.15, 0.2) is 0 Å². The van der Waals surface area contributed by atoms with Gasteiger partial charge in [-0.3, -0.25) is 0 Å². The standard InChI is InChI=1S/C18H20ClN5OS/c1-25-17-9-8-14(12-16(17)19)13-20-10-5-11-26-18-21-22-23-24(18)15-6-3-2-4-7-15/h2-4,6-9,12,20H,5,10-11,13H2,1H3. The van der Waals surface area contributed by atoms with Gasteiger partial charge in [-0.1, -0.05) is 47.6 Å². The zero-order chi connectivity index (χ0) is 18.2. The number of methoxy groups -OCH3 is 1. The molecule has 26 heavy (non-hydrogen) atoms. The Balaban J connectivity index is 1.40. The second-order valence-corrected chi connectivity index (χ2v) is 7.03. The highest BCUT2D eigenvalue weighted by Crippen LogP contribution is 2.24. The third-order valence-electron chi connectivity index (χ3n) is 3.72. The normalized spacial score (nSPS) is 10.8. The van der Waals surface area contributed by atoms with E-state index >= 15 is 0 Å². The molecule has 0 radical (unpaired) electrons. The molecule has 3 rings (SSSR count). The van der Waals surface area contributed by atoms with Gasteiger partial charge < -0.3 is 10.1 Å². The highest BCUT2D eigenvalue weighted by molar-refractivity contribution is 7.99. The molecule has 0 saturated carbocycles. The van der Waals surface area contributed by atoms with Crippen LogP contribution in [0.3, 0.4) is 0 Å². The number of halogens is 1. The fourth-order valence-corrected chi connectivity index (χ4v) is 3.52. The van der Waals surface area contributed by atoms with Gasteiger partial charge >= 0.3 is 0 Å². The van der Waals surface area contributed by atoms with Crippen molar-refractivity contribution in [1.29, 1.82) is 0 Å². The van der Waals surface area contributed by atoms with Gasteiger partial charge in [0.25, 0.3) is 0 Å². The number of benzene rings is 2. The van der Waals surface area contributed by atoms with Crippen LogP contribution in [0.15, 0.2) is 53.7 Å². The van der Waals surface area contributed by atoms with Gasteiger partial charge in [0, 0.05) is 12.3 Å². The lowest BCUT2D eigenvalue weighted by molar-refractivity contribution is 0.415. The van der Waals surface area contributed by atoms with Crippen molar-refractivity contribution >= 4 is 23.4 Å². The first-order chi connectivity index (χ1) is 12.8. The van der Waals surface area contributed by atoms with E-state index in [1.54, 1.807) is 23.6 Å². The molecule has 0 atom stereocenters. The predicted octanol–water partition coefficient (Wildman–Crippen LogP) is 3.60. The average molecular weight is 390 g/mol. The van der Waals surface area contributed by atoms with Gasteiger partial charge in [0.1, 0.15) is 5.75 Å². The van der Waals surface area contributed by atoms with Gasteiger partial charge in [0.05, 0.1) is 17.8 Å². The quantitative estimate of drug-likeness (QED) is 0.445. The van der Waals surface area contributed by atoms with Crippen molar-refractivity contribution in [2.45, 2.75) is 18.1 Å². The molecule has 0 aliphatic rings. The van der Waals surface area contributed by atoms with Crippen LogP contribution in [0.5, 0.6) is 5.75 Å². The third-order valence-corrected chi connectivity index (χ3v) is 5.02. The van der Waals surface area contributed by atoms with E-state index in [2.05, 4.69) is 20.8 Å². The first kappa shape index (κ1) is 18.7. The summed E-state index contributed by atoms with van der Waals surface area (Å²) in [5.74, 6) is 1.63. The fraction of sp³-hybridized carbons (Fsp3) is 0.278. The maximum atomic E-state index is 6.14. The number of aromatic nitrogens is 4. The number of thioether (sulfide) groups is 1. The molecule has 0 aliphatic carbocycles. The Hall–Kier alpha value is -2.09. The Morgan fingerprint density at radius 2 is 2.04 bits per heavy atom. The highest BCUT2D eigenvalue weighted by atomic mass is 35.5. The number of para-hydroxylation sites is 1. The van der Waals surface area contributed by atoms with E-state index < -0.39 is 0 Å². The molecule has 1 heterocycles. The van der Waals surface area contributed by atoms with Gasteiger partial charge in [-0.2, -0.15) is 4.68 Å². The minimum Gasteiger partial charge on any atom is -0.495 e. The summed E-state index contributed by atoms with van der Waals surface area (Å²) in [4.78, 5) is 0. The number of rotatable bonds is 9. The van der Waals surface area contributed by atoms with Crippen molar-refractivity contribution in [3.8, 4) is 11.4 Å². The predicted molar refractivity (Wildman–Crippen MR) is 104 cm³/mol. The van der Waals surface area contributed by atoms with Gasteiger partial charge in [0.2, 0.25) is 5.16 Å². The van der Waals surface area contributed by atoms with E-state index in [0.29, 0.717) is 10.8 Å². The summed E-state index contributed by atoms with van der Waals surface area (Å²) in [5, 5.41) is 16.8. The van der Waals surface area contributed by atoms with E-state index in [-0.39, 0.29) is 0 Å². The summed E-state index contributed by atoms with van der Waals surface area (Å²) in [6.07, 6.45) is 1.01. The van der Waals surface area contributed by atoms with Gasteiger partial charge in [-0.15, -0.1) is 5.10 Å². The molecule has 0 aliphatic heterocycles. The molecule has 136 valence electrons. The molecule has 0 unspecified atom stereocenters. The lowest BCUT2D eigenvalue weighted by atomic mass is 10.2. The summed E-state index contributed by atoms with van der Waals surface area (Å²) >= 11 is 7.79. The Morgan fingerprint density at radius 1 is 1.19 bits per heavy atom. The number of nitrogens with one attached hydrogen (secondary N) is 1. The van der Waals surface area contributed by atoms with Crippen molar-refractivity contribution in [1.82, 2.24) is 25.5 Å². The van der Waals surface area contributed by atoms with Crippen LogP contribution in [0.25, 0.3) is 5.69 Å². The van der Waals surface area contributed by atoms with E-state index in [1.165, 1.54) is 0 Å². The van der Waals surface area contributed by atoms with Crippen molar-refractivity contribution in [2.75, 3.05) is 19.4 Å². The summed E-state index contributed by atoms with van der Waals surface area (Å²) < 4.78 is 6.92. The van der Waals surface area contributed by atoms with Crippen molar-refractivity contribution < 1.29 is 4.74 Å². The summed E-state index contributed by atoms with van der Waals surface area (Å²) in [7, 11) is 1.62. The Bertz CT molecular complexity index is 827. The number of nitrogens with zero attached hydrogens (tertiary/aromatic N) is 4. The van der Waals surface area contributed by atoms with Crippen LogP contribution in [-0.2, 0) is 6.54 Å². The summed E-state index contributed by atoms with van der Waals surface area (Å²) in [6.45, 7) is 1.68. The molecule has 1 N–H and O–H groups in total. The van der Waals surface area contributed by atoms with Crippen LogP contribution in [0.4, 0.5) is 0 Å². The van der Waals surface area contributed by atoms with E-state index in [0.717, 1.165) is 41.7 Å². The first-order valence-corrected chi connectivity index (χ1v) is 9.64. The van der Waals surface area contributed by atoms with Crippen LogP contribution in [-0.4, -0.2) is 39.6 Å². The largest absolute Gasteiger partial charge is 0.495 e. The minimum atomic E-state index is 0.634. The lowest BCUT2D eigenvalue weighted by Gasteiger charge is -2.08. The van der Waals surface area contributed by atoms with E-state index in [9.17, 15) is 0 Å². The van der Waals surface area contributed by atoms with Crippen molar-refractivity contribution in [3.63, 3.8) is 0 Å². The maximum absolute atomic E-state index is 6.14. The molecule has 2 aromatic carbocycles. The van der Waals surface area contributed by atoms with Gasteiger partial charge in [-0.25, -0.2) is 0 Å². The molecular formula is C18H20ClN5OS. The molecule has 0 bridgehead atoms. The van der Waals surface area contributed by atoms with Gasteiger partial charge in [-0.05, 0) is 53.2 Å². The molecule has 0 spiro atoms. The third kappa shape index (κ3) is 4.97. The molecule has 0 fully saturated rings. The molecule has 1 aromatic heterocycles. The molecule has 6 nitrogen and oxygen atoms in total. The van der Waals surface area contributed by atoms with Crippen molar-refractivity contribution in [2.24, 2.45) is 0 Å². The second-order valence-electron chi connectivity index (χ2n) is 5.56. The molecule has 0 saturated heterocycles. The maximum Gasteiger partial charge on any atom is 0.214 e. The van der Waals surface area contributed by atoms with E-state index in [1.807, 2.05) is 48.5 Å². The highest BCUT2D eigenvalue weighted by Gasteiger charge is 2.08. The number of hydrogen-bond acceptors (Lipinski definition) is 6. The zero-order valence-electron chi connectivity index (χ0n) is 14.4. The first-order valence-electron chi connectivity index (χ1n) is 8.27. The SMILES string of the molecule is COc1ccc(CNCCCSc2nnnn2-c2ccccc2)cc1Cl. The molecular weight excluding hydrogens is 370 g/mol. The van der Waals surface area contributed by atoms with E-state index in [4.69, 9.17) is 16.3 Å². The fourth-order valence-electron chi connectivity index (χ4n) is 2.41. The molecule has 0 amide bonds. The minimum absolute atomic E-state index is 0.634. The number of ether oxygens (including phenoxy) is 1. The summed E-state index contributed by atoms with van der Waals surface area (Å²) in [5.41, 5.74) is 2.10. The van der Waals surface area contributed by atoms with Crippen LogP contribution in [0, 0.1) is 0 Å².